The Balaban J connectivity index is 2.64. The number of rotatable bonds is 8. The molecule has 0 aliphatic rings. The molecule has 0 aliphatic carbocycles. The van der Waals surface area contributed by atoms with Crippen molar-refractivity contribution in [3.8, 4) is 0 Å². The zero-order chi connectivity index (χ0) is 15.2. The minimum absolute atomic E-state index is 0.285. The smallest absolute Gasteiger partial charge is 0.229 e. The quantitative estimate of drug-likeness (QED) is 0.675. The fraction of sp³-hybridized carbons (Fsp3) is 0.571. The SMILES string of the molecule is CCC(Cc1ccc(NS(C)(=O)=O)cc1)CC(O)CN. The molecular weight excluding hydrogens is 276 g/mol. The van der Waals surface area contributed by atoms with Crippen LogP contribution in [0.15, 0.2) is 24.3 Å². The molecule has 2 unspecified atom stereocenters. The standard InChI is InChI=1S/C14H24N2O3S/c1-3-11(9-14(17)10-15)8-12-4-6-13(7-5-12)16-20(2,18)19/h4-7,11,14,16-17H,3,8-10,15H2,1-2H3. The second-order valence-corrected chi connectivity index (χ2v) is 6.92. The van der Waals surface area contributed by atoms with E-state index in [1.165, 1.54) is 0 Å². The topological polar surface area (TPSA) is 92.4 Å². The van der Waals surface area contributed by atoms with E-state index in [0.717, 1.165) is 24.7 Å². The number of nitrogens with one attached hydrogen (secondary N) is 1. The molecular formula is C14H24N2O3S. The van der Waals surface area contributed by atoms with E-state index in [2.05, 4.69) is 11.6 Å². The molecule has 0 spiro atoms. The van der Waals surface area contributed by atoms with Gasteiger partial charge in [0.15, 0.2) is 0 Å². The predicted molar refractivity (Wildman–Crippen MR) is 82.1 cm³/mol. The molecule has 0 heterocycles. The molecule has 0 radical (unpaired) electrons. The number of aliphatic hydroxyl groups excluding tert-OH is 1. The van der Waals surface area contributed by atoms with Crippen LogP contribution in [0, 0.1) is 5.92 Å². The van der Waals surface area contributed by atoms with Gasteiger partial charge in [0.1, 0.15) is 0 Å². The van der Waals surface area contributed by atoms with Gasteiger partial charge in [-0.3, -0.25) is 4.72 Å². The summed E-state index contributed by atoms with van der Waals surface area (Å²) >= 11 is 0. The van der Waals surface area contributed by atoms with Gasteiger partial charge in [-0.2, -0.15) is 0 Å². The summed E-state index contributed by atoms with van der Waals surface area (Å²) in [5.74, 6) is 0.377. The highest BCUT2D eigenvalue weighted by atomic mass is 32.2. The molecule has 0 aromatic heterocycles. The molecule has 6 heteroatoms. The fourth-order valence-electron chi connectivity index (χ4n) is 2.13. The molecule has 0 saturated heterocycles. The minimum atomic E-state index is -3.23. The monoisotopic (exact) mass is 300 g/mol. The normalized spacial score (nSPS) is 14.8. The van der Waals surface area contributed by atoms with Gasteiger partial charge < -0.3 is 10.8 Å². The summed E-state index contributed by atoms with van der Waals surface area (Å²) in [5.41, 5.74) is 7.12. The van der Waals surface area contributed by atoms with Crippen LogP contribution in [-0.2, 0) is 16.4 Å². The average molecular weight is 300 g/mol. The minimum Gasteiger partial charge on any atom is -0.392 e. The summed E-state index contributed by atoms with van der Waals surface area (Å²) in [7, 11) is -3.23. The summed E-state index contributed by atoms with van der Waals surface area (Å²) in [6, 6.07) is 7.32. The molecule has 20 heavy (non-hydrogen) atoms. The van der Waals surface area contributed by atoms with Crippen LogP contribution < -0.4 is 10.5 Å². The molecule has 0 amide bonds. The summed E-state index contributed by atoms with van der Waals surface area (Å²) in [6.07, 6.45) is 3.19. The van der Waals surface area contributed by atoms with Crippen molar-refractivity contribution in [2.24, 2.45) is 11.7 Å². The summed E-state index contributed by atoms with van der Waals surface area (Å²) in [4.78, 5) is 0. The van der Waals surface area contributed by atoms with E-state index in [1.807, 2.05) is 12.1 Å². The van der Waals surface area contributed by atoms with Crippen molar-refractivity contribution in [3.05, 3.63) is 29.8 Å². The van der Waals surface area contributed by atoms with E-state index >= 15 is 0 Å². The lowest BCUT2D eigenvalue weighted by atomic mass is 9.91. The van der Waals surface area contributed by atoms with Gasteiger partial charge in [-0.05, 0) is 36.5 Å². The van der Waals surface area contributed by atoms with Gasteiger partial charge in [0, 0.05) is 12.2 Å². The molecule has 1 aromatic rings. The van der Waals surface area contributed by atoms with Gasteiger partial charge in [0.2, 0.25) is 10.0 Å². The molecule has 1 rings (SSSR count). The molecule has 4 N–H and O–H groups in total. The Morgan fingerprint density at radius 1 is 1.30 bits per heavy atom. The molecule has 114 valence electrons. The Morgan fingerprint density at radius 2 is 1.90 bits per heavy atom. The van der Waals surface area contributed by atoms with Crippen LogP contribution in [0.5, 0.6) is 0 Å². The van der Waals surface area contributed by atoms with Crippen LogP contribution in [-0.4, -0.2) is 32.4 Å². The molecule has 1 aromatic carbocycles. The van der Waals surface area contributed by atoms with Crippen molar-refractivity contribution < 1.29 is 13.5 Å². The van der Waals surface area contributed by atoms with E-state index in [1.54, 1.807) is 12.1 Å². The lowest BCUT2D eigenvalue weighted by Gasteiger charge is -2.18. The molecule has 2 atom stereocenters. The van der Waals surface area contributed by atoms with Crippen LogP contribution in [0.1, 0.15) is 25.3 Å². The molecule has 0 aliphatic heterocycles. The predicted octanol–water partition coefficient (Wildman–Crippen LogP) is 1.34. The zero-order valence-electron chi connectivity index (χ0n) is 12.0. The van der Waals surface area contributed by atoms with Crippen molar-refractivity contribution in [2.75, 3.05) is 17.5 Å². The maximum absolute atomic E-state index is 11.1. The summed E-state index contributed by atoms with van der Waals surface area (Å²) in [6.45, 7) is 2.38. The lowest BCUT2D eigenvalue weighted by Crippen LogP contribution is -2.23. The number of sulfonamides is 1. The Bertz CT molecular complexity index is 500. The van der Waals surface area contributed by atoms with Crippen LogP contribution in [0.4, 0.5) is 5.69 Å². The van der Waals surface area contributed by atoms with Gasteiger partial charge >= 0.3 is 0 Å². The van der Waals surface area contributed by atoms with Gasteiger partial charge in [0.05, 0.1) is 12.4 Å². The third kappa shape index (κ3) is 6.36. The lowest BCUT2D eigenvalue weighted by molar-refractivity contribution is 0.148. The highest BCUT2D eigenvalue weighted by Gasteiger charge is 2.12. The van der Waals surface area contributed by atoms with E-state index in [-0.39, 0.29) is 6.54 Å². The number of hydrogen-bond acceptors (Lipinski definition) is 4. The first-order valence-electron chi connectivity index (χ1n) is 6.79. The molecule has 5 nitrogen and oxygen atoms in total. The highest BCUT2D eigenvalue weighted by Crippen LogP contribution is 2.19. The molecule has 0 bridgehead atoms. The van der Waals surface area contributed by atoms with E-state index < -0.39 is 16.1 Å². The van der Waals surface area contributed by atoms with Gasteiger partial charge in [-0.1, -0.05) is 25.5 Å². The van der Waals surface area contributed by atoms with Crippen molar-refractivity contribution >= 4 is 15.7 Å². The first-order valence-corrected chi connectivity index (χ1v) is 8.68. The van der Waals surface area contributed by atoms with Crippen molar-refractivity contribution in [3.63, 3.8) is 0 Å². The molecule has 0 fully saturated rings. The zero-order valence-corrected chi connectivity index (χ0v) is 12.9. The van der Waals surface area contributed by atoms with Crippen LogP contribution in [0.2, 0.25) is 0 Å². The third-order valence-electron chi connectivity index (χ3n) is 3.24. The first kappa shape index (κ1) is 16.9. The summed E-state index contributed by atoms with van der Waals surface area (Å²) < 4.78 is 24.7. The average Bonchev–Trinajstić information content (AvgIpc) is 2.38. The number of aliphatic hydroxyl groups is 1. The third-order valence-corrected chi connectivity index (χ3v) is 3.84. The molecule has 0 saturated carbocycles. The van der Waals surface area contributed by atoms with Crippen molar-refractivity contribution in [1.82, 2.24) is 0 Å². The Kier molecular flexibility index (Phi) is 6.45. The van der Waals surface area contributed by atoms with Crippen molar-refractivity contribution in [1.29, 1.82) is 0 Å². The second kappa shape index (κ2) is 7.61. The van der Waals surface area contributed by atoms with Gasteiger partial charge in [-0.15, -0.1) is 0 Å². The van der Waals surface area contributed by atoms with Gasteiger partial charge in [-0.25, -0.2) is 8.42 Å². The number of nitrogens with two attached hydrogens (primary N) is 1. The van der Waals surface area contributed by atoms with Crippen LogP contribution >= 0.6 is 0 Å². The first-order chi connectivity index (χ1) is 9.34. The highest BCUT2D eigenvalue weighted by molar-refractivity contribution is 7.92. The summed E-state index contributed by atoms with van der Waals surface area (Å²) in [5, 5.41) is 9.61. The van der Waals surface area contributed by atoms with Crippen LogP contribution in [0.3, 0.4) is 0 Å². The Hall–Kier alpha value is -1.11. The maximum Gasteiger partial charge on any atom is 0.229 e. The second-order valence-electron chi connectivity index (χ2n) is 5.17. The van der Waals surface area contributed by atoms with Gasteiger partial charge in [0.25, 0.3) is 0 Å². The fourth-order valence-corrected chi connectivity index (χ4v) is 2.70. The Labute approximate surface area is 121 Å². The van der Waals surface area contributed by atoms with Crippen molar-refractivity contribution in [2.45, 2.75) is 32.3 Å². The maximum atomic E-state index is 11.1. The number of benzene rings is 1. The largest absolute Gasteiger partial charge is 0.392 e. The van der Waals surface area contributed by atoms with E-state index in [9.17, 15) is 13.5 Å². The van der Waals surface area contributed by atoms with E-state index in [4.69, 9.17) is 5.73 Å². The Morgan fingerprint density at radius 3 is 2.35 bits per heavy atom. The number of hydrogen-bond donors (Lipinski definition) is 3. The number of anilines is 1. The van der Waals surface area contributed by atoms with E-state index in [0.29, 0.717) is 18.0 Å². The van der Waals surface area contributed by atoms with Crippen LogP contribution in [0.25, 0.3) is 0 Å².